The van der Waals surface area contributed by atoms with Gasteiger partial charge in [0.15, 0.2) is 5.69 Å². The summed E-state index contributed by atoms with van der Waals surface area (Å²) in [6, 6.07) is 5.45. The molecule has 0 fully saturated rings. The van der Waals surface area contributed by atoms with E-state index in [1.165, 1.54) is 18.8 Å². The van der Waals surface area contributed by atoms with Crippen LogP contribution in [0.2, 0.25) is 5.02 Å². The molecule has 0 spiro atoms. The van der Waals surface area contributed by atoms with Crippen LogP contribution in [-0.2, 0) is 26.7 Å². The molecule has 3 aromatic rings. The molecular weight excluding hydrogens is 447 g/mol. The second kappa shape index (κ2) is 7.84. The van der Waals surface area contributed by atoms with Crippen LogP contribution >= 0.6 is 11.6 Å². The number of hydrogen-bond acceptors (Lipinski definition) is 4. The van der Waals surface area contributed by atoms with Crippen LogP contribution in [0.4, 0.5) is 13.2 Å². The number of benzene rings is 1. The number of carbonyl (C=O) groups excluding carboxylic acids is 1. The van der Waals surface area contributed by atoms with Crippen molar-refractivity contribution in [3.8, 4) is 17.1 Å². The predicted octanol–water partition coefficient (Wildman–Crippen LogP) is 4.26. The smallest absolute Gasteiger partial charge is 0.435 e. The number of alkyl halides is 3. The van der Waals surface area contributed by atoms with Crippen LogP contribution < -0.4 is 4.74 Å². The molecule has 1 aliphatic rings. The fourth-order valence-electron chi connectivity index (χ4n) is 4.14. The Balaban J connectivity index is 1.70. The first-order valence-electron chi connectivity index (χ1n) is 9.84. The molecule has 1 aliphatic heterocycles. The van der Waals surface area contributed by atoms with Crippen molar-refractivity contribution in [3.63, 3.8) is 0 Å². The Hall–Kier alpha value is -3.01. The monoisotopic (exact) mass is 467 g/mol. The second-order valence-electron chi connectivity index (χ2n) is 7.68. The number of amides is 1. The minimum absolute atomic E-state index is 0.226. The number of carbonyl (C=O) groups is 1. The molecule has 170 valence electrons. The van der Waals surface area contributed by atoms with Crippen LogP contribution in [0.3, 0.4) is 0 Å². The summed E-state index contributed by atoms with van der Waals surface area (Å²) in [5.41, 5.74) is 1.77. The van der Waals surface area contributed by atoms with Crippen molar-refractivity contribution < 1.29 is 22.7 Å². The lowest BCUT2D eigenvalue weighted by Gasteiger charge is -2.33. The maximum atomic E-state index is 13.2. The van der Waals surface area contributed by atoms with Gasteiger partial charge in [0.2, 0.25) is 0 Å². The summed E-state index contributed by atoms with van der Waals surface area (Å²) in [5, 5.41) is 8.55. The highest BCUT2D eigenvalue weighted by atomic mass is 35.5. The number of nitrogens with zero attached hydrogens (tertiary/aromatic N) is 5. The molecule has 1 aromatic carbocycles. The Labute approximate surface area is 187 Å². The maximum absolute atomic E-state index is 13.2. The SMILES string of the molecule is COc1cc(Cl)cc(C(=O)N2CCc3c(nn(C)c3-c3cc(C(F)(F)F)nn3C)[C@@H]2C)c1. The lowest BCUT2D eigenvalue weighted by molar-refractivity contribution is -0.141. The molecule has 4 rings (SSSR count). The first-order chi connectivity index (χ1) is 15.0. The molecule has 2 aromatic heterocycles. The van der Waals surface area contributed by atoms with Crippen LogP contribution in [0, 0.1) is 0 Å². The highest BCUT2D eigenvalue weighted by Crippen LogP contribution is 2.38. The molecule has 0 N–H and O–H groups in total. The van der Waals surface area contributed by atoms with Crippen molar-refractivity contribution in [2.75, 3.05) is 13.7 Å². The first kappa shape index (κ1) is 22.2. The highest BCUT2D eigenvalue weighted by molar-refractivity contribution is 6.31. The zero-order valence-electron chi connectivity index (χ0n) is 17.9. The molecule has 0 bridgehead atoms. The molecular formula is C21H21ClF3N5O2. The summed E-state index contributed by atoms with van der Waals surface area (Å²) in [6.07, 6.45) is -4.10. The second-order valence-corrected chi connectivity index (χ2v) is 8.11. The number of fused-ring (bicyclic) bond motifs is 1. The number of methoxy groups -OCH3 is 1. The lowest BCUT2D eigenvalue weighted by atomic mass is 9.96. The molecule has 3 heterocycles. The molecule has 0 unspecified atom stereocenters. The van der Waals surface area contributed by atoms with Gasteiger partial charge in [-0.05, 0) is 37.6 Å². The Morgan fingerprint density at radius 3 is 2.50 bits per heavy atom. The standard InChI is InChI=1S/C21H21ClF3N5O2/c1-11-18-15(5-6-30(11)20(31)12-7-13(22)9-14(8-12)32-4)19(29(3)27-18)16-10-17(21(23,24)25)26-28(16)2/h7-11H,5-6H2,1-4H3/t11-/m0/s1. The molecule has 0 saturated carbocycles. The number of aromatic nitrogens is 4. The Morgan fingerprint density at radius 1 is 1.16 bits per heavy atom. The van der Waals surface area contributed by atoms with Gasteiger partial charge >= 0.3 is 6.18 Å². The summed E-state index contributed by atoms with van der Waals surface area (Å²) in [5.74, 6) is 0.249. The van der Waals surface area contributed by atoms with Crippen LogP contribution in [0.15, 0.2) is 24.3 Å². The van der Waals surface area contributed by atoms with E-state index < -0.39 is 11.9 Å². The summed E-state index contributed by atoms with van der Waals surface area (Å²) < 4.78 is 47.4. The van der Waals surface area contributed by atoms with Crippen molar-refractivity contribution >= 4 is 17.5 Å². The van der Waals surface area contributed by atoms with Crippen molar-refractivity contribution in [3.05, 3.63) is 51.8 Å². The molecule has 0 saturated heterocycles. The molecule has 7 nitrogen and oxygen atoms in total. The van der Waals surface area contributed by atoms with Crippen LogP contribution in [0.25, 0.3) is 11.4 Å². The maximum Gasteiger partial charge on any atom is 0.435 e. The number of halogens is 4. The molecule has 1 amide bonds. The van der Waals surface area contributed by atoms with E-state index in [2.05, 4.69) is 10.2 Å². The van der Waals surface area contributed by atoms with Gasteiger partial charge in [-0.2, -0.15) is 23.4 Å². The van der Waals surface area contributed by atoms with Crippen molar-refractivity contribution in [1.29, 1.82) is 0 Å². The van der Waals surface area contributed by atoms with Gasteiger partial charge in [0, 0.05) is 36.8 Å². The number of rotatable bonds is 3. The van der Waals surface area contributed by atoms with Crippen molar-refractivity contribution in [2.45, 2.75) is 25.6 Å². The minimum atomic E-state index is -4.54. The molecule has 0 radical (unpaired) electrons. The summed E-state index contributed by atoms with van der Waals surface area (Å²) >= 11 is 6.12. The van der Waals surface area contributed by atoms with E-state index in [0.717, 1.165) is 11.6 Å². The number of aryl methyl sites for hydroxylation is 2. The third kappa shape index (κ3) is 3.72. The fraction of sp³-hybridized carbons (Fsp3) is 0.381. The largest absolute Gasteiger partial charge is 0.497 e. The van der Waals surface area contributed by atoms with E-state index in [-0.39, 0.29) is 11.9 Å². The van der Waals surface area contributed by atoms with E-state index >= 15 is 0 Å². The van der Waals surface area contributed by atoms with Gasteiger partial charge in [-0.15, -0.1) is 0 Å². The normalized spacial score (nSPS) is 16.2. The third-order valence-corrected chi connectivity index (χ3v) is 5.89. The quantitative estimate of drug-likeness (QED) is 0.577. The van der Waals surface area contributed by atoms with Crippen molar-refractivity contribution in [1.82, 2.24) is 24.5 Å². The number of ether oxygens (including phenoxy) is 1. The summed E-state index contributed by atoms with van der Waals surface area (Å²) in [6.45, 7) is 2.23. The van der Waals surface area contributed by atoms with Gasteiger partial charge in [0.1, 0.15) is 5.75 Å². The summed E-state index contributed by atoms with van der Waals surface area (Å²) in [4.78, 5) is 14.9. The van der Waals surface area contributed by atoms with Crippen LogP contribution in [0.1, 0.15) is 40.3 Å². The van der Waals surface area contributed by atoms with Crippen LogP contribution in [-0.4, -0.2) is 44.0 Å². The lowest BCUT2D eigenvalue weighted by Crippen LogP contribution is -2.39. The Morgan fingerprint density at radius 2 is 1.88 bits per heavy atom. The van der Waals surface area contributed by atoms with E-state index in [0.29, 0.717) is 46.4 Å². The molecule has 0 aliphatic carbocycles. The van der Waals surface area contributed by atoms with E-state index in [9.17, 15) is 18.0 Å². The number of hydrogen-bond donors (Lipinski definition) is 0. The third-order valence-electron chi connectivity index (χ3n) is 5.67. The highest BCUT2D eigenvalue weighted by Gasteiger charge is 2.37. The zero-order valence-corrected chi connectivity index (χ0v) is 18.6. The van der Waals surface area contributed by atoms with Gasteiger partial charge in [-0.1, -0.05) is 11.6 Å². The Kier molecular flexibility index (Phi) is 5.44. The van der Waals surface area contributed by atoms with Gasteiger partial charge < -0.3 is 9.64 Å². The van der Waals surface area contributed by atoms with Crippen molar-refractivity contribution in [2.24, 2.45) is 14.1 Å². The first-order valence-corrected chi connectivity index (χ1v) is 10.2. The average molecular weight is 468 g/mol. The van der Waals surface area contributed by atoms with E-state index in [4.69, 9.17) is 16.3 Å². The zero-order chi connectivity index (χ0) is 23.4. The Bertz CT molecular complexity index is 1200. The van der Waals surface area contributed by atoms with Gasteiger partial charge in [0.25, 0.3) is 5.91 Å². The fourth-order valence-corrected chi connectivity index (χ4v) is 4.36. The van der Waals surface area contributed by atoms with Gasteiger partial charge in [-0.3, -0.25) is 14.2 Å². The van der Waals surface area contributed by atoms with E-state index in [1.807, 2.05) is 6.92 Å². The topological polar surface area (TPSA) is 65.2 Å². The van der Waals surface area contributed by atoms with Gasteiger partial charge in [-0.25, -0.2) is 0 Å². The van der Waals surface area contributed by atoms with Gasteiger partial charge in [0.05, 0.1) is 30.2 Å². The predicted molar refractivity (Wildman–Crippen MR) is 112 cm³/mol. The summed E-state index contributed by atoms with van der Waals surface area (Å²) in [7, 11) is 4.64. The van der Waals surface area contributed by atoms with E-state index in [1.54, 1.807) is 34.8 Å². The van der Waals surface area contributed by atoms with Crippen LogP contribution in [0.5, 0.6) is 5.75 Å². The average Bonchev–Trinajstić information content (AvgIpc) is 3.26. The molecule has 11 heteroatoms. The molecule has 32 heavy (non-hydrogen) atoms. The molecule has 1 atom stereocenters. The minimum Gasteiger partial charge on any atom is -0.497 e.